The van der Waals surface area contributed by atoms with Gasteiger partial charge in [0.1, 0.15) is 9.33 Å². The monoisotopic (exact) mass is 353 g/mol. The van der Waals surface area contributed by atoms with E-state index in [9.17, 15) is 9.59 Å². The van der Waals surface area contributed by atoms with Gasteiger partial charge in [0.25, 0.3) is 0 Å². The number of thioether (sulfide) groups is 1. The van der Waals surface area contributed by atoms with Gasteiger partial charge in [-0.05, 0) is 24.5 Å². The molecule has 1 aromatic heterocycles. The van der Waals surface area contributed by atoms with Gasteiger partial charge >= 0.3 is 0 Å². The summed E-state index contributed by atoms with van der Waals surface area (Å²) in [6.07, 6.45) is 0.391. The number of rotatable bonds is 4. The molecule has 1 aromatic rings. The molecule has 1 aliphatic rings. The summed E-state index contributed by atoms with van der Waals surface area (Å²) in [5.41, 5.74) is 0.845. The number of alkyl halides is 2. The first kappa shape index (κ1) is 15.9. The Kier molecular flexibility index (Phi) is 5.17. The Morgan fingerprint density at radius 2 is 2.30 bits per heavy atom. The lowest BCUT2D eigenvalue weighted by atomic mass is 10.2. The van der Waals surface area contributed by atoms with Crippen LogP contribution < -0.4 is 10.6 Å². The van der Waals surface area contributed by atoms with Gasteiger partial charge in [-0.1, -0.05) is 0 Å². The van der Waals surface area contributed by atoms with Crippen LogP contribution in [0.25, 0.3) is 0 Å². The first-order valence-corrected chi connectivity index (χ1v) is 8.44. The highest BCUT2D eigenvalue weighted by atomic mass is 35.5. The van der Waals surface area contributed by atoms with Gasteiger partial charge < -0.3 is 10.6 Å². The fourth-order valence-corrected chi connectivity index (χ4v) is 4.41. The van der Waals surface area contributed by atoms with Crippen LogP contribution in [0.2, 0.25) is 0 Å². The van der Waals surface area contributed by atoms with E-state index in [1.165, 1.54) is 23.3 Å². The highest BCUT2D eigenvalue weighted by Crippen LogP contribution is 2.42. The molecule has 20 heavy (non-hydrogen) atoms. The van der Waals surface area contributed by atoms with Crippen LogP contribution in [-0.2, 0) is 9.59 Å². The third-order valence-electron chi connectivity index (χ3n) is 2.59. The molecule has 2 amide bonds. The van der Waals surface area contributed by atoms with Crippen molar-refractivity contribution in [1.29, 1.82) is 0 Å². The third-order valence-corrected chi connectivity index (χ3v) is 5.72. The second kappa shape index (κ2) is 6.51. The standard InChI is InChI=1S/C11H13Cl2N3O2S2/c1-6-2-9(20-16-6)15-8(17)4-14-10(18)7-3-11(12,13)5-19-7/h2,7H,3-5H2,1H3,(H,14,18)(H,15,17). The molecule has 1 unspecified atom stereocenters. The average Bonchev–Trinajstić information content (AvgIpc) is 2.92. The van der Waals surface area contributed by atoms with Crippen molar-refractivity contribution in [2.45, 2.75) is 22.9 Å². The SMILES string of the molecule is Cc1cc(NC(=O)CNC(=O)C2CC(Cl)(Cl)CS2)sn1. The molecule has 0 bridgehead atoms. The summed E-state index contributed by atoms with van der Waals surface area (Å²) in [6, 6.07) is 1.77. The highest BCUT2D eigenvalue weighted by molar-refractivity contribution is 8.01. The zero-order valence-electron chi connectivity index (χ0n) is 10.6. The topological polar surface area (TPSA) is 71.1 Å². The van der Waals surface area contributed by atoms with Gasteiger partial charge in [-0.3, -0.25) is 9.59 Å². The number of amides is 2. The highest BCUT2D eigenvalue weighted by Gasteiger charge is 2.39. The van der Waals surface area contributed by atoms with E-state index in [2.05, 4.69) is 15.0 Å². The average molecular weight is 354 g/mol. The summed E-state index contributed by atoms with van der Waals surface area (Å²) in [5, 5.41) is 5.61. The van der Waals surface area contributed by atoms with Crippen LogP contribution in [0.3, 0.4) is 0 Å². The summed E-state index contributed by atoms with van der Waals surface area (Å²) in [6.45, 7) is 1.76. The number of aromatic nitrogens is 1. The molecular weight excluding hydrogens is 341 g/mol. The van der Waals surface area contributed by atoms with Crippen LogP contribution >= 0.6 is 46.5 Å². The zero-order chi connectivity index (χ0) is 14.8. The minimum atomic E-state index is -0.852. The number of halogens is 2. The maximum absolute atomic E-state index is 11.9. The van der Waals surface area contributed by atoms with Crippen LogP contribution in [0.1, 0.15) is 12.1 Å². The van der Waals surface area contributed by atoms with Crippen molar-refractivity contribution in [2.24, 2.45) is 0 Å². The molecule has 9 heteroatoms. The van der Waals surface area contributed by atoms with Gasteiger partial charge in [0.2, 0.25) is 11.8 Å². The van der Waals surface area contributed by atoms with Crippen LogP contribution in [0.4, 0.5) is 5.00 Å². The molecule has 2 rings (SSSR count). The lowest BCUT2D eigenvalue weighted by Gasteiger charge is -2.11. The van der Waals surface area contributed by atoms with Crippen LogP contribution in [-0.4, -0.2) is 38.1 Å². The number of carbonyl (C=O) groups is 2. The second-order valence-electron chi connectivity index (χ2n) is 4.46. The number of nitrogens with one attached hydrogen (secondary N) is 2. The first-order valence-electron chi connectivity index (χ1n) is 5.86. The lowest BCUT2D eigenvalue weighted by molar-refractivity contribution is -0.123. The third kappa shape index (κ3) is 4.51. The smallest absolute Gasteiger partial charge is 0.244 e. The van der Waals surface area contributed by atoms with Gasteiger partial charge in [0.15, 0.2) is 0 Å². The molecule has 1 saturated heterocycles. The van der Waals surface area contributed by atoms with E-state index in [1.807, 2.05) is 6.92 Å². The largest absolute Gasteiger partial charge is 0.346 e. The Morgan fingerprint density at radius 1 is 1.55 bits per heavy atom. The van der Waals surface area contributed by atoms with Crippen LogP contribution in [0.15, 0.2) is 6.07 Å². The fourth-order valence-electron chi connectivity index (χ4n) is 1.67. The van der Waals surface area contributed by atoms with E-state index < -0.39 is 4.33 Å². The van der Waals surface area contributed by atoms with E-state index in [0.717, 1.165) is 5.69 Å². The van der Waals surface area contributed by atoms with Gasteiger partial charge in [-0.25, -0.2) is 0 Å². The van der Waals surface area contributed by atoms with Crippen LogP contribution in [0.5, 0.6) is 0 Å². The van der Waals surface area contributed by atoms with E-state index >= 15 is 0 Å². The molecule has 1 fully saturated rings. The number of hydrogen-bond acceptors (Lipinski definition) is 5. The molecule has 0 radical (unpaired) electrons. The Hall–Kier alpha value is -0.500. The van der Waals surface area contributed by atoms with Crippen molar-refractivity contribution in [1.82, 2.24) is 9.69 Å². The summed E-state index contributed by atoms with van der Waals surface area (Å²) in [7, 11) is 0. The fraction of sp³-hybridized carbons (Fsp3) is 0.545. The van der Waals surface area contributed by atoms with E-state index in [1.54, 1.807) is 6.07 Å². The molecule has 1 atom stereocenters. The van der Waals surface area contributed by atoms with Crippen molar-refractivity contribution >= 4 is 63.3 Å². The Morgan fingerprint density at radius 3 is 2.85 bits per heavy atom. The summed E-state index contributed by atoms with van der Waals surface area (Å²) >= 11 is 14.5. The summed E-state index contributed by atoms with van der Waals surface area (Å²) < 4.78 is 3.20. The maximum atomic E-state index is 11.9. The van der Waals surface area contributed by atoms with Crippen molar-refractivity contribution in [3.8, 4) is 0 Å². The van der Waals surface area contributed by atoms with Crippen molar-refractivity contribution in [2.75, 3.05) is 17.6 Å². The summed E-state index contributed by atoms with van der Waals surface area (Å²) in [5.74, 6) is 0.0161. The molecule has 0 saturated carbocycles. The number of hydrogen-bond donors (Lipinski definition) is 2. The van der Waals surface area contributed by atoms with Gasteiger partial charge in [0.05, 0.1) is 17.5 Å². The lowest BCUT2D eigenvalue weighted by Crippen LogP contribution is -2.37. The molecule has 1 aliphatic heterocycles. The quantitative estimate of drug-likeness (QED) is 0.813. The normalized spacial score (nSPS) is 20.6. The predicted octanol–water partition coefficient (Wildman–Crippen LogP) is 2.19. The summed E-state index contributed by atoms with van der Waals surface area (Å²) in [4.78, 5) is 23.5. The second-order valence-corrected chi connectivity index (χ2v) is 8.09. The molecule has 2 heterocycles. The number of aryl methyl sites for hydroxylation is 1. The van der Waals surface area contributed by atoms with Crippen molar-refractivity contribution < 1.29 is 9.59 Å². The number of carbonyl (C=O) groups excluding carboxylic acids is 2. The first-order chi connectivity index (χ1) is 9.35. The van der Waals surface area contributed by atoms with Gasteiger partial charge in [-0.15, -0.1) is 35.0 Å². The minimum absolute atomic E-state index is 0.0790. The number of nitrogens with zero attached hydrogens (tertiary/aromatic N) is 1. The molecule has 0 aliphatic carbocycles. The van der Waals surface area contributed by atoms with E-state index in [-0.39, 0.29) is 23.6 Å². The molecule has 110 valence electrons. The molecular formula is C11H13Cl2N3O2S2. The Bertz CT molecular complexity index is 522. The van der Waals surface area contributed by atoms with E-state index in [4.69, 9.17) is 23.2 Å². The molecule has 2 N–H and O–H groups in total. The maximum Gasteiger partial charge on any atom is 0.244 e. The van der Waals surface area contributed by atoms with Crippen LogP contribution in [0, 0.1) is 6.92 Å². The van der Waals surface area contributed by atoms with Crippen molar-refractivity contribution in [3.63, 3.8) is 0 Å². The number of anilines is 1. The Balaban J connectivity index is 1.75. The minimum Gasteiger partial charge on any atom is -0.346 e. The molecule has 0 aromatic carbocycles. The van der Waals surface area contributed by atoms with Gasteiger partial charge in [-0.2, -0.15) is 4.37 Å². The van der Waals surface area contributed by atoms with Gasteiger partial charge in [0, 0.05) is 12.2 Å². The Labute approximate surface area is 134 Å². The zero-order valence-corrected chi connectivity index (χ0v) is 13.8. The predicted molar refractivity (Wildman–Crippen MR) is 83.8 cm³/mol. The van der Waals surface area contributed by atoms with Crippen molar-refractivity contribution in [3.05, 3.63) is 11.8 Å². The molecule has 0 spiro atoms. The van der Waals surface area contributed by atoms with E-state index in [0.29, 0.717) is 17.2 Å². The molecule has 5 nitrogen and oxygen atoms in total.